The molecule has 0 fully saturated rings. The van der Waals surface area contributed by atoms with E-state index in [-0.39, 0.29) is 0 Å². The number of hydrogen-bond acceptors (Lipinski definition) is 2. The van der Waals surface area contributed by atoms with E-state index in [4.69, 9.17) is 9.47 Å². The maximum absolute atomic E-state index is 5.58. The third-order valence-corrected chi connectivity index (χ3v) is 4.04. The average molecular weight is 319 g/mol. The third-order valence-electron chi connectivity index (χ3n) is 2.58. The van der Waals surface area contributed by atoms with Crippen LogP contribution in [-0.4, -0.2) is 28.2 Å². The molecule has 1 aliphatic heterocycles. The average Bonchev–Trinajstić information content (AvgIpc) is 2.45. The van der Waals surface area contributed by atoms with Gasteiger partial charge in [-0.15, -0.1) is 0 Å². The Balaban J connectivity index is 2.01. The molecule has 1 aromatic rings. The van der Waals surface area contributed by atoms with Crippen LogP contribution in [0.15, 0.2) is 24.3 Å². The van der Waals surface area contributed by atoms with E-state index in [0.29, 0.717) is 41.4 Å². The number of benzene rings is 1. The van der Waals surface area contributed by atoms with Crippen molar-refractivity contribution >= 4 is 15.0 Å². The fraction of sp³-hybridized carbons (Fsp3) is 0.375. The molecule has 0 atom stereocenters. The molecule has 0 aromatic heterocycles. The first kappa shape index (κ1) is 14.2. The van der Waals surface area contributed by atoms with Crippen molar-refractivity contribution in [3.63, 3.8) is 0 Å². The minimum atomic E-state index is 0.489. The zero-order valence-corrected chi connectivity index (χ0v) is 12.5. The van der Waals surface area contributed by atoms with Gasteiger partial charge in [0.15, 0.2) is 0 Å². The molecule has 0 saturated heterocycles. The maximum atomic E-state index is 5.58. The fourth-order valence-electron chi connectivity index (χ4n) is 1.62. The molecular formula is C16H16O2Se. The second-order valence-electron chi connectivity index (χ2n) is 3.95. The molecule has 1 aromatic carbocycles. The Bertz CT molecular complexity index is 470. The van der Waals surface area contributed by atoms with Crippen LogP contribution in [0.5, 0.6) is 0 Å². The summed E-state index contributed by atoms with van der Waals surface area (Å²) < 4.78 is 11.2. The molecular weight excluding hydrogens is 303 g/mol. The van der Waals surface area contributed by atoms with Gasteiger partial charge >= 0.3 is 121 Å². The molecule has 0 amide bonds. The topological polar surface area (TPSA) is 18.5 Å². The van der Waals surface area contributed by atoms with Crippen molar-refractivity contribution < 1.29 is 9.47 Å². The summed E-state index contributed by atoms with van der Waals surface area (Å²) in [4.78, 5) is 0. The second-order valence-corrected chi connectivity index (χ2v) is 6.02. The number of hydrogen-bond donors (Lipinski definition) is 0. The molecule has 0 bridgehead atoms. The van der Waals surface area contributed by atoms with Crippen LogP contribution in [-0.2, 0) is 22.7 Å². The van der Waals surface area contributed by atoms with Crippen molar-refractivity contribution in [2.75, 3.05) is 13.2 Å². The van der Waals surface area contributed by atoms with Gasteiger partial charge < -0.3 is 0 Å². The summed E-state index contributed by atoms with van der Waals surface area (Å²) in [7, 11) is 0. The standard InChI is InChI=1S/C16H16O2Se/c1-2-8-16-14-18-10-4-6-12-19-11-5-3-9-17-13-15(16)7-1/h1-2,7-8H,9-14H2. The SMILES string of the molecule is C1#CC[Se]CC#CCOCc2ccccc2COC1. The summed E-state index contributed by atoms with van der Waals surface area (Å²) in [6.45, 7) is 2.17. The third kappa shape index (κ3) is 5.52. The van der Waals surface area contributed by atoms with E-state index in [1.165, 1.54) is 0 Å². The van der Waals surface area contributed by atoms with E-state index in [9.17, 15) is 0 Å². The molecule has 2 nitrogen and oxygen atoms in total. The molecule has 1 aliphatic rings. The quantitative estimate of drug-likeness (QED) is 0.540. The molecule has 19 heavy (non-hydrogen) atoms. The first-order valence-corrected chi connectivity index (χ1v) is 8.60. The minimum absolute atomic E-state index is 0.489. The van der Waals surface area contributed by atoms with E-state index in [2.05, 4.69) is 35.8 Å². The summed E-state index contributed by atoms with van der Waals surface area (Å²) in [5.41, 5.74) is 2.33. The van der Waals surface area contributed by atoms with E-state index < -0.39 is 0 Å². The molecule has 2 rings (SSSR count). The molecule has 3 heteroatoms. The fourth-order valence-corrected chi connectivity index (χ4v) is 2.69. The summed E-state index contributed by atoms with van der Waals surface area (Å²) >= 11 is 0.489. The molecule has 0 saturated carbocycles. The number of rotatable bonds is 0. The zero-order chi connectivity index (χ0) is 13.2. The van der Waals surface area contributed by atoms with Crippen LogP contribution in [0.1, 0.15) is 11.1 Å². The van der Waals surface area contributed by atoms with Gasteiger partial charge in [-0.3, -0.25) is 0 Å². The van der Waals surface area contributed by atoms with Gasteiger partial charge in [0.05, 0.1) is 0 Å². The van der Waals surface area contributed by atoms with Crippen molar-refractivity contribution in [1.29, 1.82) is 0 Å². The Morgan fingerprint density at radius 2 is 1.32 bits per heavy atom. The Kier molecular flexibility index (Phi) is 6.58. The Labute approximate surface area is 121 Å². The Morgan fingerprint density at radius 3 is 1.84 bits per heavy atom. The molecule has 0 radical (unpaired) electrons. The summed E-state index contributed by atoms with van der Waals surface area (Å²) in [5.74, 6) is 12.4. The first-order valence-electron chi connectivity index (χ1n) is 6.18. The first-order chi connectivity index (χ1) is 9.47. The molecule has 0 spiro atoms. The summed E-state index contributed by atoms with van der Waals surface area (Å²) in [5, 5.41) is 1.89. The van der Waals surface area contributed by atoms with Crippen molar-refractivity contribution in [2.45, 2.75) is 23.9 Å². The van der Waals surface area contributed by atoms with Crippen LogP contribution in [0.25, 0.3) is 0 Å². The van der Waals surface area contributed by atoms with Crippen molar-refractivity contribution in [2.24, 2.45) is 0 Å². The van der Waals surface area contributed by atoms with Crippen LogP contribution >= 0.6 is 0 Å². The Morgan fingerprint density at radius 1 is 0.789 bits per heavy atom. The van der Waals surface area contributed by atoms with Gasteiger partial charge in [0.2, 0.25) is 0 Å². The van der Waals surface area contributed by atoms with Crippen LogP contribution in [0, 0.1) is 23.7 Å². The van der Waals surface area contributed by atoms with Gasteiger partial charge in [-0.1, -0.05) is 0 Å². The van der Waals surface area contributed by atoms with E-state index in [1.54, 1.807) is 0 Å². The molecule has 98 valence electrons. The van der Waals surface area contributed by atoms with Gasteiger partial charge in [0.25, 0.3) is 0 Å². The van der Waals surface area contributed by atoms with Crippen LogP contribution in [0.2, 0.25) is 10.6 Å². The van der Waals surface area contributed by atoms with Gasteiger partial charge in [-0.25, -0.2) is 0 Å². The summed E-state index contributed by atoms with van der Waals surface area (Å²) in [6, 6.07) is 8.17. The van der Waals surface area contributed by atoms with E-state index >= 15 is 0 Å². The van der Waals surface area contributed by atoms with Crippen molar-refractivity contribution in [3.05, 3.63) is 35.4 Å². The van der Waals surface area contributed by atoms with E-state index in [1.807, 2.05) is 12.1 Å². The predicted octanol–water partition coefficient (Wildman–Crippen LogP) is 2.28. The normalized spacial score (nSPS) is 16.6. The second kappa shape index (κ2) is 8.81. The van der Waals surface area contributed by atoms with Crippen LogP contribution in [0.3, 0.4) is 0 Å². The monoisotopic (exact) mass is 320 g/mol. The van der Waals surface area contributed by atoms with Crippen molar-refractivity contribution in [1.82, 2.24) is 0 Å². The number of fused-ring (bicyclic) bond motifs is 1. The summed E-state index contributed by atoms with van der Waals surface area (Å²) in [6.07, 6.45) is 0. The number of ether oxygens (including phenoxy) is 2. The predicted molar refractivity (Wildman–Crippen MR) is 76.7 cm³/mol. The zero-order valence-electron chi connectivity index (χ0n) is 10.8. The molecule has 1 heterocycles. The van der Waals surface area contributed by atoms with Crippen LogP contribution < -0.4 is 0 Å². The molecule has 0 aliphatic carbocycles. The van der Waals surface area contributed by atoms with Crippen LogP contribution in [0.4, 0.5) is 0 Å². The van der Waals surface area contributed by atoms with Gasteiger partial charge in [0.1, 0.15) is 0 Å². The van der Waals surface area contributed by atoms with Gasteiger partial charge in [-0.2, -0.15) is 0 Å². The molecule has 0 N–H and O–H groups in total. The van der Waals surface area contributed by atoms with Crippen molar-refractivity contribution in [3.8, 4) is 23.7 Å². The van der Waals surface area contributed by atoms with E-state index in [0.717, 1.165) is 21.8 Å². The van der Waals surface area contributed by atoms with Gasteiger partial charge in [0, 0.05) is 0 Å². The Hall–Kier alpha value is -1.22. The van der Waals surface area contributed by atoms with Gasteiger partial charge in [-0.05, 0) is 0 Å². The molecule has 0 unspecified atom stereocenters.